The summed E-state index contributed by atoms with van der Waals surface area (Å²) in [6.45, 7) is 8.80. The van der Waals surface area contributed by atoms with Crippen LogP contribution in [0, 0.1) is 11.3 Å². The van der Waals surface area contributed by atoms with Crippen LogP contribution in [0.4, 0.5) is 0 Å². The lowest BCUT2D eigenvalue weighted by atomic mass is 9.75. The van der Waals surface area contributed by atoms with Crippen LogP contribution < -0.4 is 5.32 Å². The Morgan fingerprint density at radius 3 is 2.38 bits per heavy atom. The first-order valence-electron chi connectivity index (χ1n) is 9.74. The standard InChI is InChI=1S/C19H36N2/c1-3-19(4-2,14-20-17-11-12-17)15-21-13-7-9-16-8-5-6-10-18(16)21/h16-18,20H,3-15H2,1-2H3/t16-,18-/m1/s1. The summed E-state index contributed by atoms with van der Waals surface area (Å²) in [6, 6.07) is 1.78. The molecular weight excluding hydrogens is 256 g/mol. The molecule has 0 aromatic heterocycles. The zero-order valence-corrected chi connectivity index (χ0v) is 14.4. The molecule has 0 bridgehead atoms. The maximum atomic E-state index is 3.83. The number of hydrogen-bond acceptors (Lipinski definition) is 2. The van der Waals surface area contributed by atoms with Crippen LogP contribution in [0.15, 0.2) is 0 Å². The van der Waals surface area contributed by atoms with Crippen molar-refractivity contribution in [1.29, 1.82) is 0 Å². The van der Waals surface area contributed by atoms with Crippen molar-refractivity contribution in [1.82, 2.24) is 10.2 Å². The lowest BCUT2D eigenvalue weighted by Crippen LogP contribution is -2.52. The van der Waals surface area contributed by atoms with Gasteiger partial charge in [-0.15, -0.1) is 0 Å². The predicted molar refractivity (Wildman–Crippen MR) is 90.6 cm³/mol. The molecule has 0 amide bonds. The smallest absolute Gasteiger partial charge is 0.0124 e. The van der Waals surface area contributed by atoms with E-state index < -0.39 is 0 Å². The molecule has 0 aromatic carbocycles. The highest BCUT2D eigenvalue weighted by atomic mass is 15.2. The normalized spacial score (nSPS) is 31.1. The zero-order chi connectivity index (χ0) is 14.7. The number of nitrogens with zero attached hydrogens (tertiary/aromatic N) is 1. The van der Waals surface area contributed by atoms with Crippen molar-refractivity contribution < 1.29 is 0 Å². The van der Waals surface area contributed by atoms with E-state index in [1.54, 1.807) is 0 Å². The second-order valence-corrected chi connectivity index (χ2v) is 8.09. The van der Waals surface area contributed by atoms with Crippen molar-refractivity contribution in [2.75, 3.05) is 19.6 Å². The Labute approximate surface area is 132 Å². The Morgan fingerprint density at radius 1 is 0.952 bits per heavy atom. The van der Waals surface area contributed by atoms with Gasteiger partial charge in [-0.2, -0.15) is 0 Å². The summed E-state index contributed by atoms with van der Waals surface area (Å²) in [5.41, 5.74) is 0.516. The summed E-state index contributed by atoms with van der Waals surface area (Å²) in [5.74, 6) is 1.02. The van der Waals surface area contributed by atoms with Gasteiger partial charge < -0.3 is 5.32 Å². The van der Waals surface area contributed by atoms with Crippen molar-refractivity contribution in [3.05, 3.63) is 0 Å². The molecule has 2 aliphatic carbocycles. The third-order valence-corrected chi connectivity index (χ3v) is 6.74. The Bertz CT molecular complexity index is 318. The molecule has 0 spiro atoms. The van der Waals surface area contributed by atoms with E-state index in [0.717, 1.165) is 18.0 Å². The van der Waals surface area contributed by atoms with Crippen molar-refractivity contribution in [2.45, 2.75) is 90.1 Å². The summed E-state index contributed by atoms with van der Waals surface area (Å²) in [7, 11) is 0. The molecule has 2 atom stereocenters. The second kappa shape index (κ2) is 7.00. The fraction of sp³-hybridized carbons (Fsp3) is 1.00. The van der Waals surface area contributed by atoms with Crippen molar-refractivity contribution >= 4 is 0 Å². The van der Waals surface area contributed by atoms with Gasteiger partial charge in [-0.05, 0) is 69.2 Å². The number of piperidine rings is 1. The number of likely N-dealkylation sites (tertiary alicyclic amines) is 1. The largest absolute Gasteiger partial charge is 0.313 e. The van der Waals surface area contributed by atoms with E-state index in [2.05, 4.69) is 24.1 Å². The summed E-state index contributed by atoms with van der Waals surface area (Å²) < 4.78 is 0. The van der Waals surface area contributed by atoms with Crippen molar-refractivity contribution in [3.63, 3.8) is 0 Å². The molecule has 0 unspecified atom stereocenters. The first-order chi connectivity index (χ1) is 10.3. The first-order valence-corrected chi connectivity index (χ1v) is 9.74. The van der Waals surface area contributed by atoms with Crippen molar-refractivity contribution in [3.8, 4) is 0 Å². The van der Waals surface area contributed by atoms with Crippen LogP contribution >= 0.6 is 0 Å². The van der Waals surface area contributed by atoms with E-state index in [1.807, 2.05) is 0 Å². The molecule has 122 valence electrons. The summed E-state index contributed by atoms with van der Waals surface area (Å²) in [6.07, 6.45) is 14.4. The fourth-order valence-electron chi connectivity index (χ4n) is 4.78. The van der Waals surface area contributed by atoms with Crippen LogP contribution in [0.3, 0.4) is 0 Å². The number of rotatable bonds is 7. The van der Waals surface area contributed by atoms with Gasteiger partial charge >= 0.3 is 0 Å². The minimum Gasteiger partial charge on any atom is -0.313 e. The molecule has 0 aromatic rings. The molecule has 1 aliphatic heterocycles. The highest BCUT2D eigenvalue weighted by molar-refractivity contribution is 4.93. The molecule has 1 saturated heterocycles. The Balaban J connectivity index is 1.62. The lowest BCUT2D eigenvalue weighted by Gasteiger charge is -2.48. The van der Waals surface area contributed by atoms with Crippen LogP contribution in [0.1, 0.15) is 78.1 Å². The molecule has 2 nitrogen and oxygen atoms in total. The molecule has 2 saturated carbocycles. The summed E-state index contributed by atoms with van der Waals surface area (Å²) in [5, 5.41) is 3.83. The van der Waals surface area contributed by atoms with Gasteiger partial charge in [-0.25, -0.2) is 0 Å². The number of fused-ring (bicyclic) bond motifs is 1. The molecule has 1 N–H and O–H groups in total. The van der Waals surface area contributed by atoms with Crippen LogP contribution in [0.2, 0.25) is 0 Å². The predicted octanol–water partition coefficient (Wildman–Crippen LogP) is 4.20. The third-order valence-electron chi connectivity index (χ3n) is 6.74. The molecular formula is C19H36N2. The van der Waals surface area contributed by atoms with Gasteiger partial charge in [0.15, 0.2) is 0 Å². The van der Waals surface area contributed by atoms with Gasteiger partial charge in [0, 0.05) is 25.2 Å². The van der Waals surface area contributed by atoms with E-state index in [9.17, 15) is 0 Å². The maximum Gasteiger partial charge on any atom is 0.0124 e. The van der Waals surface area contributed by atoms with Crippen molar-refractivity contribution in [2.24, 2.45) is 11.3 Å². The SMILES string of the molecule is CCC(CC)(CNC1CC1)CN1CCC[C@H]2CCCC[C@H]21. The quantitative estimate of drug-likeness (QED) is 0.756. The van der Waals surface area contributed by atoms with Crippen LogP contribution in [0.5, 0.6) is 0 Å². The molecule has 2 heteroatoms. The number of hydrogen-bond donors (Lipinski definition) is 1. The van der Waals surface area contributed by atoms with Crippen LogP contribution in [-0.4, -0.2) is 36.6 Å². The lowest BCUT2D eigenvalue weighted by molar-refractivity contribution is 0.0200. The number of nitrogens with one attached hydrogen (secondary N) is 1. The molecule has 0 radical (unpaired) electrons. The topological polar surface area (TPSA) is 15.3 Å². The fourth-order valence-corrected chi connectivity index (χ4v) is 4.78. The Morgan fingerprint density at radius 2 is 1.67 bits per heavy atom. The first kappa shape index (κ1) is 15.8. The average molecular weight is 293 g/mol. The van der Waals surface area contributed by atoms with E-state index in [4.69, 9.17) is 0 Å². The van der Waals surface area contributed by atoms with Crippen LogP contribution in [0.25, 0.3) is 0 Å². The van der Waals surface area contributed by atoms with Gasteiger partial charge in [0.2, 0.25) is 0 Å². The maximum absolute atomic E-state index is 3.83. The molecule has 1 heterocycles. The Hall–Kier alpha value is -0.0800. The molecule has 3 fully saturated rings. The van der Waals surface area contributed by atoms with Gasteiger partial charge in [0.1, 0.15) is 0 Å². The molecule has 3 aliphatic rings. The van der Waals surface area contributed by atoms with E-state index in [1.165, 1.54) is 83.8 Å². The van der Waals surface area contributed by atoms with Gasteiger partial charge in [0.25, 0.3) is 0 Å². The average Bonchev–Trinajstić information content (AvgIpc) is 3.36. The van der Waals surface area contributed by atoms with Gasteiger partial charge in [-0.3, -0.25) is 4.90 Å². The third kappa shape index (κ3) is 3.82. The van der Waals surface area contributed by atoms with Gasteiger partial charge in [-0.1, -0.05) is 26.7 Å². The highest BCUT2D eigenvalue weighted by Crippen LogP contribution is 2.38. The van der Waals surface area contributed by atoms with E-state index in [-0.39, 0.29) is 0 Å². The van der Waals surface area contributed by atoms with Gasteiger partial charge in [0.05, 0.1) is 0 Å². The second-order valence-electron chi connectivity index (χ2n) is 8.09. The monoisotopic (exact) mass is 292 g/mol. The zero-order valence-electron chi connectivity index (χ0n) is 14.4. The summed E-state index contributed by atoms with van der Waals surface area (Å²) >= 11 is 0. The minimum atomic E-state index is 0.516. The molecule has 3 rings (SSSR count). The summed E-state index contributed by atoms with van der Waals surface area (Å²) in [4.78, 5) is 2.91. The van der Waals surface area contributed by atoms with Crippen LogP contribution in [-0.2, 0) is 0 Å². The molecule has 21 heavy (non-hydrogen) atoms. The Kier molecular flexibility index (Phi) is 5.27. The highest BCUT2D eigenvalue weighted by Gasteiger charge is 2.38. The minimum absolute atomic E-state index is 0.516. The van der Waals surface area contributed by atoms with E-state index in [0.29, 0.717) is 5.41 Å². The van der Waals surface area contributed by atoms with E-state index >= 15 is 0 Å².